The Morgan fingerprint density at radius 1 is 1.16 bits per heavy atom. The molecule has 0 fully saturated rings. The number of benzene rings is 1. The summed E-state index contributed by atoms with van der Waals surface area (Å²) in [5.74, 6) is -1.57. The van der Waals surface area contributed by atoms with Crippen molar-refractivity contribution < 1.29 is 19.1 Å². The first-order valence-electron chi connectivity index (χ1n) is 5.46. The molecule has 1 aliphatic heterocycles. The molecule has 100 valence electrons. The van der Waals surface area contributed by atoms with E-state index in [1.807, 2.05) is 0 Å². The molecule has 0 aliphatic carbocycles. The zero-order valence-electron chi connectivity index (χ0n) is 9.91. The zero-order chi connectivity index (χ0) is 14.2. The van der Waals surface area contributed by atoms with Crippen LogP contribution in [0.5, 0.6) is 0 Å². The minimum absolute atomic E-state index is 0.207. The molecule has 0 unspecified atom stereocenters. The lowest BCUT2D eigenvalue weighted by atomic mass is 10.1. The van der Waals surface area contributed by atoms with E-state index in [1.165, 1.54) is 0 Å². The highest BCUT2D eigenvalue weighted by atomic mass is 79.9. The molecule has 0 saturated carbocycles. The summed E-state index contributed by atoms with van der Waals surface area (Å²) in [5.41, 5.74) is 0.564. The average Bonchev–Trinajstić information content (AvgIpc) is 2.56. The average molecular weight is 391 g/mol. The van der Waals surface area contributed by atoms with Crippen molar-refractivity contribution in [2.24, 2.45) is 0 Å². The number of fused-ring (bicyclic) bond motifs is 1. The van der Waals surface area contributed by atoms with Crippen LogP contribution in [0.4, 0.5) is 0 Å². The number of esters is 1. The van der Waals surface area contributed by atoms with Crippen LogP contribution in [0.3, 0.4) is 0 Å². The molecule has 0 saturated heterocycles. The Hall–Kier alpha value is -1.21. The molecular formula is C12H9Br2NO4. The van der Waals surface area contributed by atoms with E-state index >= 15 is 0 Å². The fourth-order valence-corrected chi connectivity index (χ4v) is 2.45. The maximum Gasteiger partial charge on any atom is 0.326 e. The third-order valence-corrected chi connectivity index (χ3v) is 4.45. The van der Waals surface area contributed by atoms with Gasteiger partial charge in [0, 0.05) is 8.95 Å². The van der Waals surface area contributed by atoms with Crippen LogP contribution in [0.15, 0.2) is 21.1 Å². The van der Waals surface area contributed by atoms with Crippen molar-refractivity contribution in [3.05, 3.63) is 32.2 Å². The Balaban J connectivity index is 2.31. The number of hydrogen-bond acceptors (Lipinski definition) is 4. The van der Waals surface area contributed by atoms with Crippen molar-refractivity contribution in [2.75, 3.05) is 13.2 Å². The van der Waals surface area contributed by atoms with E-state index in [1.54, 1.807) is 19.1 Å². The molecule has 1 heterocycles. The second-order valence-electron chi connectivity index (χ2n) is 3.81. The van der Waals surface area contributed by atoms with Gasteiger partial charge in [-0.3, -0.25) is 19.3 Å². The van der Waals surface area contributed by atoms with Gasteiger partial charge in [-0.15, -0.1) is 0 Å². The predicted octanol–water partition coefficient (Wildman–Crippen LogP) is 2.37. The Labute approximate surface area is 126 Å². The van der Waals surface area contributed by atoms with Gasteiger partial charge in [-0.05, 0) is 50.9 Å². The summed E-state index contributed by atoms with van der Waals surface area (Å²) in [5, 5.41) is 0. The van der Waals surface area contributed by atoms with Crippen LogP contribution in [-0.4, -0.2) is 35.8 Å². The number of ether oxygens (including phenoxy) is 1. The first-order valence-corrected chi connectivity index (χ1v) is 7.05. The fourth-order valence-electron chi connectivity index (χ4n) is 1.76. The summed E-state index contributed by atoms with van der Waals surface area (Å²) in [6.07, 6.45) is 0. The van der Waals surface area contributed by atoms with E-state index in [9.17, 15) is 14.4 Å². The lowest BCUT2D eigenvalue weighted by Gasteiger charge is -2.12. The molecule has 0 aromatic heterocycles. The van der Waals surface area contributed by atoms with Crippen molar-refractivity contribution in [1.82, 2.24) is 4.90 Å². The molecule has 2 rings (SSSR count). The van der Waals surface area contributed by atoms with Gasteiger partial charge in [0.25, 0.3) is 11.8 Å². The van der Waals surface area contributed by atoms with Gasteiger partial charge in [0.05, 0.1) is 17.7 Å². The Morgan fingerprint density at radius 2 is 1.63 bits per heavy atom. The Kier molecular flexibility index (Phi) is 4.05. The number of carbonyl (C=O) groups is 3. The van der Waals surface area contributed by atoms with E-state index in [-0.39, 0.29) is 24.3 Å². The fraction of sp³-hybridized carbons (Fsp3) is 0.250. The van der Waals surface area contributed by atoms with Gasteiger partial charge in [-0.2, -0.15) is 0 Å². The largest absolute Gasteiger partial charge is 0.465 e. The van der Waals surface area contributed by atoms with Crippen molar-refractivity contribution in [1.29, 1.82) is 0 Å². The van der Waals surface area contributed by atoms with Gasteiger partial charge in [-0.25, -0.2) is 0 Å². The molecule has 0 atom stereocenters. The van der Waals surface area contributed by atoms with E-state index in [0.717, 1.165) is 4.90 Å². The lowest BCUT2D eigenvalue weighted by molar-refractivity contribution is -0.143. The van der Waals surface area contributed by atoms with E-state index in [4.69, 9.17) is 4.74 Å². The molecule has 1 aliphatic rings. The highest BCUT2D eigenvalue weighted by Gasteiger charge is 2.37. The van der Waals surface area contributed by atoms with Gasteiger partial charge in [0.2, 0.25) is 0 Å². The molecule has 7 heteroatoms. The van der Waals surface area contributed by atoms with Gasteiger partial charge in [0.15, 0.2) is 0 Å². The molecule has 0 N–H and O–H groups in total. The molecule has 19 heavy (non-hydrogen) atoms. The molecule has 0 bridgehead atoms. The summed E-state index contributed by atoms with van der Waals surface area (Å²) in [7, 11) is 0. The quantitative estimate of drug-likeness (QED) is 0.587. The van der Waals surface area contributed by atoms with E-state index in [0.29, 0.717) is 8.95 Å². The first kappa shape index (κ1) is 14.2. The maximum atomic E-state index is 12.1. The number of hydrogen-bond donors (Lipinski definition) is 0. The van der Waals surface area contributed by atoms with Crippen molar-refractivity contribution in [3.63, 3.8) is 0 Å². The minimum atomic E-state index is -0.602. The van der Waals surface area contributed by atoms with Crippen LogP contribution < -0.4 is 0 Å². The molecule has 0 spiro atoms. The number of nitrogens with zero attached hydrogens (tertiary/aromatic N) is 1. The molecule has 1 aromatic carbocycles. The third kappa shape index (κ3) is 2.57. The maximum absolute atomic E-state index is 12.1. The van der Waals surface area contributed by atoms with Crippen molar-refractivity contribution in [3.8, 4) is 0 Å². The van der Waals surface area contributed by atoms with Gasteiger partial charge >= 0.3 is 5.97 Å². The van der Waals surface area contributed by atoms with Crippen molar-refractivity contribution in [2.45, 2.75) is 6.92 Å². The summed E-state index contributed by atoms with van der Waals surface area (Å²) in [4.78, 5) is 36.4. The van der Waals surface area contributed by atoms with Gasteiger partial charge < -0.3 is 4.74 Å². The summed E-state index contributed by atoms with van der Waals surface area (Å²) < 4.78 is 6.09. The number of amides is 2. The highest BCUT2D eigenvalue weighted by Crippen LogP contribution is 2.31. The van der Waals surface area contributed by atoms with Crippen LogP contribution in [0.2, 0.25) is 0 Å². The van der Waals surface area contributed by atoms with Crippen LogP contribution in [0.25, 0.3) is 0 Å². The van der Waals surface area contributed by atoms with Gasteiger partial charge in [0.1, 0.15) is 6.54 Å². The second kappa shape index (κ2) is 5.42. The minimum Gasteiger partial charge on any atom is -0.465 e. The molecule has 0 radical (unpaired) electrons. The standard InChI is InChI=1S/C12H9Br2NO4/c1-2-19-10(16)5-15-11(17)6-3-8(13)9(14)4-7(6)12(15)18/h3-4H,2,5H2,1H3. The van der Waals surface area contributed by atoms with E-state index in [2.05, 4.69) is 31.9 Å². The smallest absolute Gasteiger partial charge is 0.326 e. The number of carbonyl (C=O) groups excluding carboxylic acids is 3. The first-order chi connectivity index (χ1) is 8.95. The van der Waals surface area contributed by atoms with Crippen LogP contribution in [0, 0.1) is 0 Å². The predicted molar refractivity (Wildman–Crippen MR) is 73.8 cm³/mol. The van der Waals surface area contributed by atoms with E-state index < -0.39 is 17.8 Å². The van der Waals surface area contributed by atoms with Gasteiger partial charge in [-0.1, -0.05) is 0 Å². The Morgan fingerprint density at radius 3 is 2.05 bits per heavy atom. The zero-order valence-corrected chi connectivity index (χ0v) is 13.1. The molecule has 1 aromatic rings. The molecule has 2 amide bonds. The molecular weight excluding hydrogens is 382 g/mol. The number of imide groups is 1. The highest BCUT2D eigenvalue weighted by molar-refractivity contribution is 9.13. The van der Waals surface area contributed by atoms with Crippen LogP contribution >= 0.6 is 31.9 Å². The lowest BCUT2D eigenvalue weighted by Crippen LogP contribution is -2.35. The second-order valence-corrected chi connectivity index (χ2v) is 5.52. The normalized spacial score (nSPS) is 13.7. The third-order valence-electron chi connectivity index (χ3n) is 2.60. The summed E-state index contributed by atoms with van der Waals surface area (Å²) in [6, 6.07) is 3.12. The van der Waals surface area contributed by atoms with Crippen LogP contribution in [-0.2, 0) is 9.53 Å². The number of rotatable bonds is 3. The van der Waals surface area contributed by atoms with Crippen LogP contribution in [0.1, 0.15) is 27.6 Å². The number of halogens is 2. The summed E-state index contributed by atoms with van der Waals surface area (Å²) in [6.45, 7) is 1.50. The topological polar surface area (TPSA) is 63.7 Å². The summed E-state index contributed by atoms with van der Waals surface area (Å²) >= 11 is 6.54. The molecule has 5 nitrogen and oxygen atoms in total. The SMILES string of the molecule is CCOC(=O)CN1C(=O)c2cc(Br)c(Br)cc2C1=O. The Bertz CT molecular complexity index is 544. The monoisotopic (exact) mass is 389 g/mol. The van der Waals surface area contributed by atoms with Crippen molar-refractivity contribution >= 4 is 49.6 Å².